The Morgan fingerprint density at radius 1 is 0.979 bits per heavy atom. The number of piperazine rings is 1. The van der Waals surface area contributed by atoms with Crippen molar-refractivity contribution in [3.8, 4) is 11.3 Å². The van der Waals surface area contributed by atoms with Crippen LogP contribution in [0.15, 0.2) is 59.5 Å². The molecule has 4 heterocycles. The maximum atomic E-state index is 15.5. The minimum Gasteiger partial charge on any atom is -0.366 e. The van der Waals surface area contributed by atoms with Crippen molar-refractivity contribution in [2.75, 3.05) is 57.8 Å². The lowest BCUT2D eigenvalue weighted by Crippen LogP contribution is -2.45. The molecule has 1 aromatic heterocycles. The Balaban J connectivity index is 0.00000451. The standard InChI is InChI=1S/C36H47FN6O3S.H2/c1-36(2,3)15-18-42-33(45)30(47-34(42)27-11-8-12-28(37)32(27)41-21-19-39(4)20-22-41)23-31(44)40-16-13-26(14-17-40)43-24-29(38-35(43)46)25-9-6-5-7-10-25;/h5-12,24,26,30,34H,13-23H2,1-4H3,(H,38,46);1H. The number of aromatic amines is 1. The zero-order chi connectivity index (χ0) is 33.3. The van der Waals surface area contributed by atoms with E-state index in [2.05, 4.69) is 42.6 Å². The van der Waals surface area contributed by atoms with Gasteiger partial charge in [0.05, 0.1) is 16.6 Å². The molecule has 3 aliphatic rings. The second-order valence-corrected chi connectivity index (χ2v) is 15.6. The zero-order valence-corrected chi connectivity index (χ0v) is 28.8. The Kier molecular flexibility index (Phi) is 9.85. The van der Waals surface area contributed by atoms with Gasteiger partial charge in [-0.15, -0.1) is 11.8 Å². The number of hydrogen-bond acceptors (Lipinski definition) is 6. The van der Waals surface area contributed by atoms with Gasteiger partial charge in [0, 0.05) is 71.5 Å². The molecule has 0 spiro atoms. The Morgan fingerprint density at radius 3 is 2.36 bits per heavy atom. The zero-order valence-electron chi connectivity index (χ0n) is 28.0. The van der Waals surface area contributed by atoms with Crippen LogP contribution in [-0.2, 0) is 9.59 Å². The second-order valence-electron chi connectivity index (χ2n) is 14.3. The Bertz CT molecular complexity index is 1630. The van der Waals surface area contributed by atoms with Crippen molar-refractivity contribution in [3.05, 3.63) is 76.6 Å². The molecule has 0 bridgehead atoms. The number of nitrogens with one attached hydrogen (secondary N) is 1. The van der Waals surface area contributed by atoms with Gasteiger partial charge in [-0.05, 0) is 43.4 Å². The molecule has 0 radical (unpaired) electrons. The molecule has 2 aromatic carbocycles. The average Bonchev–Trinajstić information content (AvgIpc) is 3.59. The number of aromatic nitrogens is 2. The molecular formula is C36H49FN6O3S. The van der Waals surface area contributed by atoms with E-state index in [1.54, 1.807) is 10.6 Å². The van der Waals surface area contributed by atoms with Crippen molar-refractivity contribution in [1.82, 2.24) is 24.3 Å². The molecule has 3 saturated heterocycles. The number of imidazole rings is 1. The number of likely N-dealkylation sites (tertiary alicyclic amines) is 1. The molecule has 3 fully saturated rings. The molecule has 2 amide bonds. The number of H-pyrrole nitrogens is 1. The van der Waals surface area contributed by atoms with Gasteiger partial charge < -0.3 is 24.6 Å². The predicted molar refractivity (Wildman–Crippen MR) is 188 cm³/mol. The lowest BCUT2D eigenvalue weighted by atomic mass is 9.92. The molecule has 0 aliphatic carbocycles. The number of likely N-dealkylation sites (N-methyl/N-ethyl adjacent to an activating group) is 1. The second kappa shape index (κ2) is 13.9. The SMILES string of the molecule is CN1CCN(c2c(F)cccc2C2SC(CC(=O)N3CCC(n4cc(-c5ccccc5)[nH]c4=O)CC3)C(=O)N2CCC(C)(C)C)CC1.[HH]. The third-order valence-corrected chi connectivity index (χ3v) is 11.2. The average molecular weight is 665 g/mol. The van der Waals surface area contributed by atoms with Crippen molar-refractivity contribution in [1.29, 1.82) is 0 Å². The lowest BCUT2D eigenvalue weighted by molar-refractivity contribution is -0.136. The summed E-state index contributed by atoms with van der Waals surface area (Å²) in [5.74, 6) is -0.361. The van der Waals surface area contributed by atoms with Gasteiger partial charge in [-0.1, -0.05) is 63.2 Å². The fourth-order valence-electron chi connectivity index (χ4n) is 6.87. The Morgan fingerprint density at radius 2 is 1.68 bits per heavy atom. The summed E-state index contributed by atoms with van der Waals surface area (Å²) < 4.78 is 17.3. The summed E-state index contributed by atoms with van der Waals surface area (Å²) in [5.41, 5.74) is 3.00. The van der Waals surface area contributed by atoms with Crippen LogP contribution in [0.1, 0.15) is 64.9 Å². The van der Waals surface area contributed by atoms with Crippen LogP contribution in [-0.4, -0.2) is 94.2 Å². The highest BCUT2D eigenvalue weighted by Crippen LogP contribution is 2.48. The fraction of sp³-hybridized carbons (Fsp3) is 0.528. The van der Waals surface area contributed by atoms with Gasteiger partial charge in [0.25, 0.3) is 0 Å². The maximum Gasteiger partial charge on any atom is 0.326 e. The van der Waals surface area contributed by atoms with Crippen LogP contribution in [0.3, 0.4) is 0 Å². The molecule has 2 unspecified atom stereocenters. The maximum absolute atomic E-state index is 15.5. The lowest BCUT2D eigenvalue weighted by Gasteiger charge is -2.37. The van der Waals surface area contributed by atoms with Crippen molar-refractivity contribution in [3.63, 3.8) is 0 Å². The van der Waals surface area contributed by atoms with Crippen molar-refractivity contribution >= 4 is 29.3 Å². The number of amides is 2. The van der Waals surface area contributed by atoms with Gasteiger partial charge in [0.15, 0.2) is 0 Å². The molecule has 1 N–H and O–H groups in total. The number of carbonyl (C=O) groups excluding carboxylic acids is 2. The van der Waals surface area contributed by atoms with Crippen LogP contribution < -0.4 is 10.6 Å². The summed E-state index contributed by atoms with van der Waals surface area (Å²) in [5, 5.41) is -0.896. The molecule has 9 nitrogen and oxygen atoms in total. The van der Waals surface area contributed by atoms with Gasteiger partial charge >= 0.3 is 5.69 Å². The monoisotopic (exact) mass is 664 g/mol. The van der Waals surface area contributed by atoms with Gasteiger partial charge in [-0.25, -0.2) is 9.18 Å². The highest BCUT2D eigenvalue weighted by atomic mass is 32.2. The van der Waals surface area contributed by atoms with Crippen molar-refractivity contribution < 1.29 is 15.4 Å². The topological polar surface area (TPSA) is 84.9 Å². The number of rotatable bonds is 8. The number of anilines is 1. The van der Waals surface area contributed by atoms with Crippen LogP contribution in [0.5, 0.6) is 0 Å². The van der Waals surface area contributed by atoms with Crippen LogP contribution >= 0.6 is 11.8 Å². The summed E-state index contributed by atoms with van der Waals surface area (Å²) in [6.07, 6.45) is 4.12. The molecule has 11 heteroatoms. The first kappa shape index (κ1) is 33.3. The minimum atomic E-state index is -0.533. The smallest absolute Gasteiger partial charge is 0.326 e. The number of para-hydroxylation sites is 1. The van der Waals surface area contributed by atoms with E-state index in [4.69, 9.17) is 0 Å². The summed E-state index contributed by atoms with van der Waals surface area (Å²) in [6, 6.07) is 15.0. The van der Waals surface area contributed by atoms with Gasteiger partial charge in [0.1, 0.15) is 11.2 Å². The first-order valence-electron chi connectivity index (χ1n) is 16.8. The number of benzene rings is 2. The van der Waals surface area contributed by atoms with Crippen LogP contribution in [0.2, 0.25) is 0 Å². The third kappa shape index (κ3) is 7.46. The number of hydrogen-bond donors (Lipinski definition) is 1. The van der Waals surface area contributed by atoms with E-state index in [1.807, 2.05) is 52.4 Å². The molecule has 254 valence electrons. The number of thioether (sulfide) groups is 1. The van der Waals surface area contributed by atoms with E-state index in [0.717, 1.165) is 49.4 Å². The van der Waals surface area contributed by atoms with E-state index < -0.39 is 5.25 Å². The molecule has 0 saturated carbocycles. The van der Waals surface area contributed by atoms with Crippen molar-refractivity contribution in [2.45, 2.75) is 63.1 Å². The normalized spacial score (nSPS) is 21.6. The van der Waals surface area contributed by atoms with E-state index in [9.17, 15) is 14.4 Å². The van der Waals surface area contributed by atoms with Crippen molar-refractivity contribution in [2.24, 2.45) is 5.41 Å². The molecule has 2 atom stereocenters. The third-order valence-electron chi connectivity index (χ3n) is 9.74. The number of piperidine rings is 1. The van der Waals surface area contributed by atoms with E-state index in [-0.39, 0.29) is 48.0 Å². The van der Waals surface area contributed by atoms with Gasteiger partial charge in [-0.3, -0.25) is 14.2 Å². The first-order valence-corrected chi connectivity index (χ1v) is 17.7. The first-order chi connectivity index (χ1) is 22.5. The molecule has 3 aromatic rings. The van der Waals surface area contributed by atoms with Gasteiger partial charge in [-0.2, -0.15) is 0 Å². The number of nitrogens with zero attached hydrogens (tertiary/aromatic N) is 5. The van der Waals surface area contributed by atoms with E-state index in [0.29, 0.717) is 38.2 Å². The fourth-order valence-corrected chi connectivity index (χ4v) is 8.36. The molecule has 6 rings (SSSR count). The largest absolute Gasteiger partial charge is 0.366 e. The van der Waals surface area contributed by atoms with E-state index in [1.165, 1.54) is 17.8 Å². The summed E-state index contributed by atoms with van der Waals surface area (Å²) in [4.78, 5) is 51.5. The quantitative estimate of drug-likeness (QED) is 0.337. The predicted octanol–water partition coefficient (Wildman–Crippen LogP) is 5.61. The van der Waals surface area contributed by atoms with Crippen LogP contribution in [0.25, 0.3) is 11.3 Å². The molecular weight excluding hydrogens is 616 g/mol. The van der Waals surface area contributed by atoms with Crippen LogP contribution in [0, 0.1) is 11.2 Å². The highest BCUT2D eigenvalue weighted by Gasteiger charge is 2.44. The summed E-state index contributed by atoms with van der Waals surface area (Å²) in [7, 11) is 2.07. The summed E-state index contributed by atoms with van der Waals surface area (Å²) >= 11 is 1.49. The minimum absolute atomic E-state index is 0. The summed E-state index contributed by atoms with van der Waals surface area (Å²) in [6.45, 7) is 11.2. The molecule has 3 aliphatic heterocycles. The van der Waals surface area contributed by atoms with Crippen LogP contribution in [0.4, 0.5) is 10.1 Å². The molecule has 47 heavy (non-hydrogen) atoms. The van der Waals surface area contributed by atoms with Gasteiger partial charge in [0.2, 0.25) is 11.8 Å². The number of carbonyl (C=O) groups is 2. The van der Waals surface area contributed by atoms with E-state index >= 15 is 4.39 Å². The Labute approximate surface area is 282 Å². The Hall–Kier alpha value is -3.57. The highest BCUT2D eigenvalue weighted by molar-refractivity contribution is 8.01. The number of halogens is 1.